The van der Waals surface area contributed by atoms with Crippen LogP contribution in [-0.2, 0) is 23.7 Å². The number of ether oxygens (including phenoxy) is 5. The second-order valence-electron chi connectivity index (χ2n) is 5.59. The molecule has 0 amide bonds. The van der Waals surface area contributed by atoms with Gasteiger partial charge in [-0.1, -0.05) is 0 Å². The van der Waals surface area contributed by atoms with Crippen LogP contribution in [0.1, 0.15) is 0 Å². The van der Waals surface area contributed by atoms with E-state index in [9.17, 15) is 20.4 Å². The molecular formula is C13H25NO9. The van der Waals surface area contributed by atoms with E-state index in [-0.39, 0.29) is 6.61 Å². The number of hydrogen-bond acceptors (Lipinski definition) is 10. The van der Waals surface area contributed by atoms with Crippen LogP contribution < -0.4 is 5.73 Å². The molecule has 136 valence electrons. The first kappa shape index (κ1) is 18.9. The fourth-order valence-electron chi connectivity index (χ4n) is 2.72. The Morgan fingerprint density at radius 3 is 2.30 bits per heavy atom. The number of aliphatic hydroxyl groups excluding tert-OH is 4. The number of nitrogens with two attached hydrogens (primary N) is 1. The van der Waals surface area contributed by atoms with E-state index >= 15 is 0 Å². The number of rotatable bonds is 5. The summed E-state index contributed by atoms with van der Waals surface area (Å²) in [7, 11) is 2.75. The molecule has 0 aromatic carbocycles. The van der Waals surface area contributed by atoms with E-state index < -0.39 is 61.9 Å². The molecule has 2 saturated heterocycles. The van der Waals surface area contributed by atoms with Crippen molar-refractivity contribution in [3.63, 3.8) is 0 Å². The summed E-state index contributed by atoms with van der Waals surface area (Å²) in [5, 5.41) is 39.5. The Labute approximate surface area is 133 Å². The van der Waals surface area contributed by atoms with Crippen LogP contribution in [-0.4, -0.2) is 103 Å². The van der Waals surface area contributed by atoms with E-state index in [4.69, 9.17) is 29.4 Å². The van der Waals surface area contributed by atoms with Crippen molar-refractivity contribution >= 4 is 0 Å². The highest BCUT2D eigenvalue weighted by Crippen LogP contribution is 2.27. The fourth-order valence-corrected chi connectivity index (χ4v) is 2.72. The highest BCUT2D eigenvalue weighted by molar-refractivity contribution is 4.94. The van der Waals surface area contributed by atoms with Crippen LogP contribution in [0.3, 0.4) is 0 Å². The molecule has 0 bridgehead atoms. The van der Waals surface area contributed by atoms with Gasteiger partial charge in [-0.2, -0.15) is 0 Å². The van der Waals surface area contributed by atoms with Crippen molar-refractivity contribution in [3.8, 4) is 0 Å². The van der Waals surface area contributed by atoms with Crippen LogP contribution in [0, 0.1) is 0 Å². The molecule has 2 heterocycles. The predicted octanol–water partition coefficient (Wildman–Crippen LogP) is -3.48. The second-order valence-corrected chi connectivity index (χ2v) is 5.59. The summed E-state index contributed by atoms with van der Waals surface area (Å²) in [6.45, 7) is -0.457. The number of hydrogen-bond donors (Lipinski definition) is 5. The first-order chi connectivity index (χ1) is 10.9. The summed E-state index contributed by atoms with van der Waals surface area (Å²) in [5.41, 5.74) is 5.95. The lowest BCUT2D eigenvalue weighted by atomic mass is 9.97. The van der Waals surface area contributed by atoms with E-state index in [0.29, 0.717) is 0 Å². The largest absolute Gasteiger partial charge is 0.394 e. The van der Waals surface area contributed by atoms with Gasteiger partial charge in [-0.15, -0.1) is 0 Å². The van der Waals surface area contributed by atoms with Gasteiger partial charge < -0.3 is 49.8 Å². The Balaban J connectivity index is 2.07. The molecule has 9 unspecified atom stereocenters. The van der Waals surface area contributed by atoms with Gasteiger partial charge in [-0.3, -0.25) is 0 Å². The maximum absolute atomic E-state index is 10.2. The summed E-state index contributed by atoms with van der Waals surface area (Å²) in [6.07, 6.45) is -8.64. The van der Waals surface area contributed by atoms with E-state index in [1.54, 1.807) is 0 Å². The van der Waals surface area contributed by atoms with Crippen LogP contribution in [0.4, 0.5) is 0 Å². The zero-order valence-corrected chi connectivity index (χ0v) is 13.0. The SMILES string of the molecule is COC1COC(OC2C(N)C(OC)OC(CO)C2O)C(O)C1O. The van der Waals surface area contributed by atoms with Crippen LogP contribution in [0.15, 0.2) is 0 Å². The van der Waals surface area contributed by atoms with Crippen LogP contribution in [0.2, 0.25) is 0 Å². The van der Waals surface area contributed by atoms with Gasteiger partial charge in [0.2, 0.25) is 0 Å². The summed E-state index contributed by atoms with van der Waals surface area (Å²) in [5.74, 6) is 0. The third-order valence-electron chi connectivity index (χ3n) is 4.16. The minimum atomic E-state index is -1.38. The molecule has 0 radical (unpaired) electrons. The molecule has 2 aliphatic rings. The molecule has 23 heavy (non-hydrogen) atoms. The molecule has 10 nitrogen and oxygen atoms in total. The topological polar surface area (TPSA) is 153 Å². The van der Waals surface area contributed by atoms with Crippen LogP contribution >= 0.6 is 0 Å². The Morgan fingerprint density at radius 1 is 1.04 bits per heavy atom. The van der Waals surface area contributed by atoms with Crippen molar-refractivity contribution < 1.29 is 44.1 Å². The van der Waals surface area contributed by atoms with Gasteiger partial charge in [0.1, 0.15) is 36.6 Å². The van der Waals surface area contributed by atoms with E-state index in [2.05, 4.69) is 0 Å². The Kier molecular flexibility index (Phi) is 6.68. The minimum absolute atomic E-state index is 0.00504. The van der Waals surface area contributed by atoms with E-state index in [1.807, 2.05) is 0 Å². The van der Waals surface area contributed by atoms with Crippen molar-refractivity contribution in [2.75, 3.05) is 27.4 Å². The van der Waals surface area contributed by atoms with Crippen molar-refractivity contribution in [3.05, 3.63) is 0 Å². The molecule has 2 rings (SSSR count). The molecule has 9 atom stereocenters. The summed E-state index contributed by atoms with van der Waals surface area (Å²) in [6, 6.07) is -0.883. The van der Waals surface area contributed by atoms with E-state index in [1.165, 1.54) is 14.2 Å². The molecule has 2 aliphatic heterocycles. The van der Waals surface area contributed by atoms with Gasteiger partial charge >= 0.3 is 0 Å². The average Bonchev–Trinajstić information content (AvgIpc) is 2.55. The van der Waals surface area contributed by atoms with Crippen molar-refractivity contribution in [2.24, 2.45) is 5.73 Å². The number of methoxy groups -OCH3 is 2. The van der Waals surface area contributed by atoms with Crippen LogP contribution in [0.25, 0.3) is 0 Å². The molecule has 10 heteroatoms. The third kappa shape index (κ3) is 3.82. The van der Waals surface area contributed by atoms with Gasteiger partial charge in [0, 0.05) is 14.2 Å². The normalized spacial score (nSPS) is 48.4. The molecule has 0 aliphatic carbocycles. The zero-order valence-electron chi connectivity index (χ0n) is 13.0. The van der Waals surface area contributed by atoms with E-state index in [0.717, 1.165) is 0 Å². The molecule has 0 aromatic rings. The van der Waals surface area contributed by atoms with Gasteiger partial charge in [0.25, 0.3) is 0 Å². The molecular weight excluding hydrogens is 314 g/mol. The smallest absolute Gasteiger partial charge is 0.186 e. The summed E-state index contributed by atoms with van der Waals surface area (Å²) < 4.78 is 26.3. The highest BCUT2D eigenvalue weighted by atomic mass is 16.7. The van der Waals surface area contributed by atoms with Crippen LogP contribution in [0.5, 0.6) is 0 Å². The molecule has 0 saturated carbocycles. The molecule has 6 N–H and O–H groups in total. The van der Waals surface area contributed by atoms with Gasteiger partial charge in [0.05, 0.1) is 19.3 Å². The highest BCUT2D eigenvalue weighted by Gasteiger charge is 2.48. The van der Waals surface area contributed by atoms with Crippen molar-refractivity contribution in [1.29, 1.82) is 0 Å². The van der Waals surface area contributed by atoms with Crippen molar-refractivity contribution in [1.82, 2.24) is 0 Å². The second kappa shape index (κ2) is 8.12. The Bertz CT molecular complexity index is 357. The summed E-state index contributed by atoms with van der Waals surface area (Å²) >= 11 is 0. The minimum Gasteiger partial charge on any atom is -0.394 e. The Hall–Kier alpha value is -0.400. The molecule has 0 aromatic heterocycles. The first-order valence-electron chi connectivity index (χ1n) is 7.33. The number of aliphatic hydroxyl groups is 4. The third-order valence-corrected chi connectivity index (χ3v) is 4.16. The molecule has 2 fully saturated rings. The summed E-state index contributed by atoms with van der Waals surface area (Å²) in [4.78, 5) is 0. The van der Waals surface area contributed by atoms with Gasteiger partial charge in [-0.25, -0.2) is 0 Å². The average molecular weight is 339 g/mol. The van der Waals surface area contributed by atoms with Crippen molar-refractivity contribution in [2.45, 2.75) is 55.2 Å². The predicted molar refractivity (Wildman–Crippen MR) is 74.2 cm³/mol. The lowest BCUT2D eigenvalue weighted by Gasteiger charge is -2.45. The van der Waals surface area contributed by atoms with Gasteiger partial charge in [0.15, 0.2) is 12.6 Å². The monoisotopic (exact) mass is 339 g/mol. The lowest BCUT2D eigenvalue weighted by Crippen LogP contribution is -2.65. The first-order valence-corrected chi connectivity index (χ1v) is 7.33. The zero-order chi connectivity index (χ0) is 17.1. The van der Waals surface area contributed by atoms with Gasteiger partial charge in [-0.05, 0) is 0 Å². The maximum Gasteiger partial charge on any atom is 0.186 e. The standard InChI is InChI=1S/C13H25NO9/c1-19-6-4-21-13(10(18)8(6)16)23-11-7(14)12(20-2)22-5(3-15)9(11)17/h5-13,15-18H,3-4,14H2,1-2H3. The lowest BCUT2D eigenvalue weighted by molar-refractivity contribution is -0.326. The maximum atomic E-state index is 10.2. The molecule has 0 spiro atoms. The fraction of sp³-hybridized carbons (Fsp3) is 1.00. The quantitative estimate of drug-likeness (QED) is 0.341. The Morgan fingerprint density at radius 2 is 1.74 bits per heavy atom.